The molecule has 0 saturated heterocycles. The zero-order valence-electron chi connectivity index (χ0n) is 10.4. The fourth-order valence-electron chi connectivity index (χ4n) is 1.49. The Morgan fingerprint density at radius 2 is 1.94 bits per heavy atom. The van der Waals surface area contributed by atoms with Crippen molar-refractivity contribution in [2.24, 2.45) is 5.73 Å². The normalized spacial score (nSPS) is 11.7. The Morgan fingerprint density at radius 1 is 1.33 bits per heavy atom. The molecule has 0 radical (unpaired) electrons. The predicted molar refractivity (Wildman–Crippen MR) is 68.1 cm³/mol. The predicted octanol–water partition coefficient (Wildman–Crippen LogP) is 1.00. The standard InChI is InChI=1S/C12H17N3O3/c1-8(14-11(16)7-18-2)9-3-5-10(6-4-9)15-12(13)17/h3-6,8H,7H2,1-2H3,(H,14,16)(H3,13,15,17). The molecule has 1 rings (SSSR count). The van der Waals surface area contributed by atoms with Gasteiger partial charge in [-0.25, -0.2) is 4.79 Å². The van der Waals surface area contributed by atoms with Crippen molar-refractivity contribution >= 4 is 17.6 Å². The van der Waals surface area contributed by atoms with E-state index < -0.39 is 6.03 Å². The molecule has 0 aliphatic rings. The van der Waals surface area contributed by atoms with Crippen LogP contribution in [0.2, 0.25) is 0 Å². The molecule has 0 aromatic heterocycles. The van der Waals surface area contributed by atoms with Crippen LogP contribution in [0.15, 0.2) is 24.3 Å². The minimum Gasteiger partial charge on any atom is -0.375 e. The number of nitrogens with two attached hydrogens (primary N) is 1. The van der Waals surface area contributed by atoms with Crippen LogP contribution in [0.1, 0.15) is 18.5 Å². The van der Waals surface area contributed by atoms with E-state index >= 15 is 0 Å². The summed E-state index contributed by atoms with van der Waals surface area (Å²) >= 11 is 0. The number of benzene rings is 1. The summed E-state index contributed by atoms with van der Waals surface area (Å²) in [5, 5.41) is 5.24. The Balaban J connectivity index is 2.61. The maximum absolute atomic E-state index is 11.3. The summed E-state index contributed by atoms with van der Waals surface area (Å²) in [5.41, 5.74) is 6.54. The molecule has 1 aromatic rings. The summed E-state index contributed by atoms with van der Waals surface area (Å²) in [6.45, 7) is 1.90. The average molecular weight is 251 g/mol. The molecule has 3 amide bonds. The summed E-state index contributed by atoms with van der Waals surface area (Å²) in [6, 6.07) is 6.32. The number of anilines is 1. The largest absolute Gasteiger partial charge is 0.375 e. The molecule has 0 heterocycles. The highest BCUT2D eigenvalue weighted by atomic mass is 16.5. The Labute approximate surface area is 105 Å². The van der Waals surface area contributed by atoms with Gasteiger partial charge in [0.2, 0.25) is 5.91 Å². The Kier molecular flexibility index (Phi) is 5.13. The lowest BCUT2D eigenvalue weighted by Gasteiger charge is -2.14. The highest BCUT2D eigenvalue weighted by molar-refractivity contribution is 5.87. The number of hydrogen-bond acceptors (Lipinski definition) is 3. The van der Waals surface area contributed by atoms with Gasteiger partial charge in [-0.2, -0.15) is 0 Å². The van der Waals surface area contributed by atoms with E-state index in [0.717, 1.165) is 5.56 Å². The van der Waals surface area contributed by atoms with Crippen LogP contribution in [0.4, 0.5) is 10.5 Å². The number of primary amides is 1. The molecule has 1 unspecified atom stereocenters. The van der Waals surface area contributed by atoms with E-state index in [2.05, 4.69) is 10.6 Å². The maximum Gasteiger partial charge on any atom is 0.316 e. The van der Waals surface area contributed by atoms with Gasteiger partial charge in [0.25, 0.3) is 0 Å². The van der Waals surface area contributed by atoms with Crippen LogP contribution in [0.3, 0.4) is 0 Å². The smallest absolute Gasteiger partial charge is 0.316 e. The van der Waals surface area contributed by atoms with Crippen molar-refractivity contribution < 1.29 is 14.3 Å². The van der Waals surface area contributed by atoms with Crippen LogP contribution >= 0.6 is 0 Å². The maximum atomic E-state index is 11.3. The fraction of sp³-hybridized carbons (Fsp3) is 0.333. The van der Waals surface area contributed by atoms with Crippen LogP contribution in [0.5, 0.6) is 0 Å². The van der Waals surface area contributed by atoms with Gasteiger partial charge in [-0.3, -0.25) is 4.79 Å². The highest BCUT2D eigenvalue weighted by Gasteiger charge is 2.09. The lowest BCUT2D eigenvalue weighted by molar-refractivity contribution is -0.125. The second-order valence-electron chi connectivity index (χ2n) is 3.83. The number of urea groups is 1. The lowest BCUT2D eigenvalue weighted by Crippen LogP contribution is -2.29. The van der Waals surface area contributed by atoms with Crippen LogP contribution in [-0.2, 0) is 9.53 Å². The van der Waals surface area contributed by atoms with Crippen molar-refractivity contribution in [1.29, 1.82) is 0 Å². The van der Waals surface area contributed by atoms with Gasteiger partial charge in [0, 0.05) is 12.8 Å². The SMILES string of the molecule is COCC(=O)NC(C)c1ccc(NC(N)=O)cc1. The van der Waals surface area contributed by atoms with Gasteiger partial charge in [0.15, 0.2) is 0 Å². The molecule has 1 atom stereocenters. The van der Waals surface area contributed by atoms with Crippen molar-refractivity contribution in [3.8, 4) is 0 Å². The molecule has 4 N–H and O–H groups in total. The summed E-state index contributed by atoms with van der Waals surface area (Å²) in [4.78, 5) is 22.0. The summed E-state index contributed by atoms with van der Waals surface area (Å²) in [6.07, 6.45) is 0. The lowest BCUT2D eigenvalue weighted by atomic mass is 10.1. The molecule has 98 valence electrons. The van der Waals surface area contributed by atoms with E-state index in [1.807, 2.05) is 19.1 Å². The van der Waals surface area contributed by atoms with Gasteiger partial charge in [-0.05, 0) is 24.6 Å². The van der Waals surface area contributed by atoms with E-state index in [0.29, 0.717) is 5.69 Å². The minimum absolute atomic E-state index is 0.0334. The minimum atomic E-state index is -0.607. The van der Waals surface area contributed by atoms with Crippen molar-refractivity contribution in [1.82, 2.24) is 5.32 Å². The third-order valence-electron chi connectivity index (χ3n) is 2.33. The second kappa shape index (κ2) is 6.61. The summed E-state index contributed by atoms with van der Waals surface area (Å²) in [7, 11) is 1.47. The Morgan fingerprint density at radius 3 is 2.44 bits per heavy atom. The molecule has 6 nitrogen and oxygen atoms in total. The third kappa shape index (κ3) is 4.42. The summed E-state index contributed by atoms with van der Waals surface area (Å²) in [5.74, 6) is -0.177. The van der Waals surface area contributed by atoms with E-state index in [9.17, 15) is 9.59 Å². The van der Waals surface area contributed by atoms with E-state index in [-0.39, 0.29) is 18.6 Å². The molecule has 6 heteroatoms. The van der Waals surface area contributed by atoms with Crippen molar-refractivity contribution in [3.63, 3.8) is 0 Å². The van der Waals surface area contributed by atoms with Crippen LogP contribution in [0.25, 0.3) is 0 Å². The van der Waals surface area contributed by atoms with E-state index in [4.69, 9.17) is 10.5 Å². The highest BCUT2D eigenvalue weighted by Crippen LogP contribution is 2.15. The first-order valence-corrected chi connectivity index (χ1v) is 5.47. The molecule has 0 saturated carbocycles. The molecule has 18 heavy (non-hydrogen) atoms. The molecule has 0 aliphatic heterocycles. The van der Waals surface area contributed by atoms with E-state index in [1.165, 1.54) is 7.11 Å². The molecule has 0 fully saturated rings. The number of nitrogens with one attached hydrogen (secondary N) is 2. The average Bonchev–Trinajstić information content (AvgIpc) is 2.29. The quantitative estimate of drug-likeness (QED) is 0.728. The molecular weight excluding hydrogens is 234 g/mol. The number of hydrogen-bond donors (Lipinski definition) is 3. The Bertz CT molecular complexity index is 417. The van der Waals surface area contributed by atoms with Gasteiger partial charge in [-0.15, -0.1) is 0 Å². The van der Waals surface area contributed by atoms with Crippen molar-refractivity contribution in [3.05, 3.63) is 29.8 Å². The van der Waals surface area contributed by atoms with Crippen LogP contribution in [-0.4, -0.2) is 25.7 Å². The van der Waals surface area contributed by atoms with Crippen LogP contribution < -0.4 is 16.4 Å². The van der Waals surface area contributed by atoms with Gasteiger partial charge < -0.3 is 21.1 Å². The van der Waals surface area contributed by atoms with Gasteiger partial charge >= 0.3 is 6.03 Å². The number of rotatable bonds is 5. The van der Waals surface area contributed by atoms with Crippen LogP contribution in [0, 0.1) is 0 Å². The van der Waals surface area contributed by atoms with Crippen molar-refractivity contribution in [2.75, 3.05) is 19.0 Å². The number of carbonyl (C=O) groups excluding carboxylic acids is 2. The topological polar surface area (TPSA) is 93.4 Å². The number of ether oxygens (including phenoxy) is 1. The zero-order valence-corrected chi connectivity index (χ0v) is 10.4. The summed E-state index contributed by atoms with van der Waals surface area (Å²) < 4.78 is 4.73. The first-order valence-electron chi connectivity index (χ1n) is 5.47. The Hall–Kier alpha value is -2.08. The number of methoxy groups -OCH3 is 1. The first-order chi connectivity index (χ1) is 8.52. The molecule has 1 aromatic carbocycles. The fourth-order valence-corrected chi connectivity index (χ4v) is 1.49. The monoisotopic (exact) mass is 251 g/mol. The molecule has 0 aliphatic carbocycles. The van der Waals surface area contributed by atoms with Gasteiger partial charge in [-0.1, -0.05) is 12.1 Å². The molecule has 0 bridgehead atoms. The zero-order chi connectivity index (χ0) is 13.5. The van der Waals surface area contributed by atoms with Crippen molar-refractivity contribution in [2.45, 2.75) is 13.0 Å². The van der Waals surface area contributed by atoms with Gasteiger partial charge in [0.05, 0.1) is 6.04 Å². The molecule has 0 spiro atoms. The van der Waals surface area contributed by atoms with E-state index in [1.54, 1.807) is 12.1 Å². The second-order valence-corrected chi connectivity index (χ2v) is 3.83. The number of amides is 3. The van der Waals surface area contributed by atoms with Gasteiger partial charge in [0.1, 0.15) is 6.61 Å². The first kappa shape index (κ1) is 14.0. The number of carbonyl (C=O) groups is 2. The molecular formula is C12H17N3O3. The third-order valence-corrected chi connectivity index (χ3v) is 2.33.